The molecular weight excluding hydrogens is 490 g/mol. The van der Waals surface area contributed by atoms with E-state index < -0.39 is 0 Å². The molecule has 1 aliphatic rings. The van der Waals surface area contributed by atoms with Gasteiger partial charge in [0.05, 0.1) is 46.7 Å². The van der Waals surface area contributed by atoms with Crippen LogP contribution in [-0.2, 0) is 11.8 Å². The molecule has 0 spiro atoms. The highest BCUT2D eigenvalue weighted by molar-refractivity contribution is 6.35. The van der Waals surface area contributed by atoms with Gasteiger partial charge < -0.3 is 9.64 Å². The average molecular weight is 512 g/mol. The Balaban J connectivity index is 1.60. The second-order valence-corrected chi connectivity index (χ2v) is 9.34. The Morgan fingerprint density at radius 1 is 1.05 bits per heavy atom. The van der Waals surface area contributed by atoms with Crippen molar-refractivity contribution in [1.82, 2.24) is 39.5 Å². The SMILES string of the molecule is Cn1cc(-c2nc3c(-c4ncn[nH]4)cc(N4CCOCC4)cc3n2-c2ccnc3c(Cl)cccc23)cn1. The van der Waals surface area contributed by atoms with E-state index in [1.54, 1.807) is 10.9 Å². The van der Waals surface area contributed by atoms with Crippen LogP contribution in [0.2, 0.25) is 5.02 Å². The summed E-state index contributed by atoms with van der Waals surface area (Å²) in [6.45, 7) is 2.98. The first-order valence-electron chi connectivity index (χ1n) is 11.9. The predicted molar refractivity (Wildman–Crippen MR) is 142 cm³/mol. The minimum absolute atomic E-state index is 0.600. The maximum atomic E-state index is 6.55. The van der Waals surface area contributed by atoms with E-state index in [4.69, 9.17) is 21.3 Å². The smallest absolute Gasteiger partial charge is 0.157 e. The summed E-state index contributed by atoms with van der Waals surface area (Å²) in [4.78, 5) is 16.5. The Kier molecular flexibility index (Phi) is 5.15. The van der Waals surface area contributed by atoms with Crippen molar-refractivity contribution in [3.63, 3.8) is 0 Å². The molecule has 1 aliphatic heterocycles. The molecule has 2 aromatic carbocycles. The van der Waals surface area contributed by atoms with Crippen LogP contribution in [0, 0.1) is 0 Å². The predicted octanol–water partition coefficient (Wildman–Crippen LogP) is 4.25. The Labute approximate surface area is 216 Å². The number of para-hydroxylation sites is 1. The number of nitrogens with one attached hydrogen (secondary N) is 1. The number of pyridine rings is 1. The number of morpholine rings is 1. The highest BCUT2D eigenvalue weighted by Crippen LogP contribution is 2.38. The largest absolute Gasteiger partial charge is 0.378 e. The number of aromatic nitrogens is 8. The minimum atomic E-state index is 0.600. The molecule has 1 fully saturated rings. The number of anilines is 1. The number of imidazole rings is 1. The molecular formula is C26H22ClN9O. The van der Waals surface area contributed by atoms with Crippen LogP contribution in [0.5, 0.6) is 0 Å². The number of halogens is 1. The van der Waals surface area contributed by atoms with Crippen molar-refractivity contribution in [2.75, 3.05) is 31.2 Å². The van der Waals surface area contributed by atoms with E-state index in [9.17, 15) is 0 Å². The molecule has 1 saturated heterocycles. The van der Waals surface area contributed by atoms with Crippen molar-refractivity contribution in [1.29, 1.82) is 0 Å². The first-order chi connectivity index (χ1) is 18.2. The van der Waals surface area contributed by atoms with Crippen LogP contribution < -0.4 is 4.90 Å². The molecule has 5 heterocycles. The van der Waals surface area contributed by atoms with E-state index in [0.717, 1.165) is 63.4 Å². The number of benzene rings is 2. The van der Waals surface area contributed by atoms with Crippen molar-refractivity contribution in [2.45, 2.75) is 0 Å². The molecule has 4 aromatic heterocycles. The van der Waals surface area contributed by atoms with Crippen LogP contribution in [0.25, 0.3) is 50.4 Å². The highest BCUT2D eigenvalue weighted by atomic mass is 35.5. The lowest BCUT2D eigenvalue weighted by Gasteiger charge is -2.29. The van der Waals surface area contributed by atoms with E-state index >= 15 is 0 Å². The van der Waals surface area contributed by atoms with Gasteiger partial charge in [0, 0.05) is 49.2 Å². The molecule has 184 valence electrons. The zero-order valence-corrected chi connectivity index (χ0v) is 20.7. The fourth-order valence-electron chi connectivity index (χ4n) is 4.98. The van der Waals surface area contributed by atoms with Crippen LogP contribution in [0.3, 0.4) is 0 Å². The van der Waals surface area contributed by atoms with Crippen molar-refractivity contribution in [2.24, 2.45) is 7.05 Å². The lowest BCUT2D eigenvalue weighted by atomic mass is 10.1. The number of aromatic amines is 1. The molecule has 37 heavy (non-hydrogen) atoms. The van der Waals surface area contributed by atoms with Gasteiger partial charge >= 0.3 is 0 Å². The summed E-state index contributed by atoms with van der Waals surface area (Å²) in [6.07, 6.45) is 7.09. The Morgan fingerprint density at radius 3 is 2.73 bits per heavy atom. The molecule has 11 heteroatoms. The zero-order valence-electron chi connectivity index (χ0n) is 20.0. The highest BCUT2D eigenvalue weighted by Gasteiger charge is 2.24. The molecule has 0 unspecified atom stereocenters. The van der Waals surface area contributed by atoms with E-state index in [1.165, 1.54) is 6.33 Å². The van der Waals surface area contributed by atoms with Crippen molar-refractivity contribution < 1.29 is 4.74 Å². The van der Waals surface area contributed by atoms with Gasteiger partial charge in [0.1, 0.15) is 17.7 Å². The number of aryl methyl sites for hydroxylation is 1. The van der Waals surface area contributed by atoms with Gasteiger partial charge in [-0.15, -0.1) is 0 Å². The molecule has 0 saturated carbocycles. The molecule has 0 amide bonds. The van der Waals surface area contributed by atoms with Gasteiger partial charge in [-0.25, -0.2) is 9.97 Å². The van der Waals surface area contributed by atoms with Crippen LogP contribution in [-0.4, -0.2) is 65.8 Å². The fraction of sp³-hybridized carbons (Fsp3) is 0.192. The van der Waals surface area contributed by atoms with Crippen molar-refractivity contribution >= 4 is 39.2 Å². The maximum Gasteiger partial charge on any atom is 0.157 e. The summed E-state index contributed by atoms with van der Waals surface area (Å²) in [7, 11) is 1.90. The summed E-state index contributed by atoms with van der Waals surface area (Å²) < 4.78 is 9.55. The molecule has 0 radical (unpaired) electrons. The lowest BCUT2D eigenvalue weighted by molar-refractivity contribution is 0.122. The van der Waals surface area contributed by atoms with Gasteiger partial charge in [-0.3, -0.25) is 19.3 Å². The second-order valence-electron chi connectivity index (χ2n) is 8.93. The van der Waals surface area contributed by atoms with Crippen LogP contribution >= 0.6 is 11.6 Å². The zero-order chi connectivity index (χ0) is 24.9. The normalized spacial score (nSPS) is 14.2. The Hall–Kier alpha value is -4.28. The van der Waals surface area contributed by atoms with Gasteiger partial charge in [-0.1, -0.05) is 23.7 Å². The van der Waals surface area contributed by atoms with E-state index in [-0.39, 0.29) is 0 Å². The van der Waals surface area contributed by atoms with Crippen LogP contribution in [0.4, 0.5) is 5.69 Å². The molecule has 0 aliphatic carbocycles. The van der Waals surface area contributed by atoms with E-state index in [0.29, 0.717) is 24.1 Å². The summed E-state index contributed by atoms with van der Waals surface area (Å²) >= 11 is 6.55. The quantitative estimate of drug-likeness (QED) is 0.377. The number of ether oxygens (including phenoxy) is 1. The van der Waals surface area contributed by atoms with E-state index in [1.807, 2.05) is 43.7 Å². The minimum Gasteiger partial charge on any atom is -0.378 e. The number of rotatable bonds is 4. The fourth-order valence-corrected chi connectivity index (χ4v) is 5.20. The third-order valence-electron chi connectivity index (χ3n) is 6.69. The monoisotopic (exact) mass is 511 g/mol. The van der Waals surface area contributed by atoms with Gasteiger partial charge in [-0.2, -0.15) is 10.2 Å². The standard InChI is InChI=1S/C26H22ClN9O/c1-34-14-16(13-31-34)26-32-24-19(25-29-15-30-33-25)11-17(35-7-9-37-10-8-35)12-22(24)36(26)21-5-6-28-23-18(21)3-2-4-20(23)27/h2-6,11-15H,7-10H2,1H3,(H,29,30,33). The molecule has 7 rings (SSSR count). The summed E-state index contributed by atoms with van der Waals surface area (Å²) in [5.41, 5.74) is 6.23. The third-order valence-corrected chi connectivity index (χ3v) is 7.00. The van der Waals surface area contributed by atoms with Gasteiger partial charge in [0.15, 0.2) is 5.82 Å². The first-order valence-corrected chi connectivity index (χ1v) is 12.3. The third kappa shape index (κ3) is 3.64. The van der Waals surface area contributed by atoms with Gasteiger partial charge in [0.2, 0.25) is 0 Å². The van der Waals surface area contributed by atoms with Gasteiger partial charge in [0.25, 0.3) is 0 Å². The number of hydrogen-bond donors (Lipinski definition) is 1. The average Bonchev–Trinajstić information content (AvgIpc) is 3.69. The number of hydrogen-bond acceptors (Lipinski definition) is 7. The summed E-state index contributed by atoms with van der Waals surface area (Å²) in [5, 5.41) is 13.1. The number of nitrogens with zero attached hydrogens (tertiary/aromatic N) is 8. The van der Waals surface area contributed by atoms with Gasteiger partial charge in [-0.05, 0) is 24.3 Å². The summed E-state index contributed by atoms with van der Waals surface area (Å²) in [6, 6.07) is 12.1. The Morgan fingerprint density at radius 2 is 1.95 bits per heavy atom. The first kappa shape index (κ1) is 22.0. The molecule has 10 nitrogen and oxygen atoms in total. The van der Waals surface area contributed by atoms with Crippen LogP contribution in [0.1, 0.15) is 0 Å². The molecule has 0 bridgehead atoms. The van der Waals surface area contributed by atoms with Crippen molar-refractivity contribution in [3.05, 3.63) is 66.3 Å². The maximum absolute atomic E-state index is 6.55. The second kappa shape index (κ2) is 8.68. The number of H-pyrrole nitrogens is 1. The molecule has 1 N–H and O–H groups in total. The van der Waals surface area contributed by atoms with Crippen LogP contribution in [0.15, 0.2) is 61.3 Å². The number of fused-ring (bicyclic) bond motifs is 2. The van der Waals surface area contributed by atoms with Crippen molar-refractivity contribution in [3.8, 4) is 28.5 Å². The topological polar surface area (TPSA) is 103 Å². The molecule has 0 atom stereocenters. The van der Waals surface area contributed by atoms with E-state index in [2.05, 4.69) is 46.9 Å². The molecule has 6 aromatic rings. The lowest BCUT2D eigenvalue weighted by Crippen LogP contribution is -2.36. The summed E-state index contributed by atoms with van der Waals surface area (Å²) in [5.74, 6) is 1.42. The Bertz CT molecular complexity index is 1750.